The van der Waals surface area contributed by atoms with Gasteiger partial charge in [0, 0.05) is 6.54 Å². The molecule has 4 heteroatoms. The molecule has 1 rings (SSSR count). The number of methoxy groups -OCH3 is 1. The Hall–Kier alpha value is -1.13. The second-order valence-corrected chi connectivity index (χ2v) is 3.06. The van der Waals surface area contributed by atoms with E-state index >= 15 is 0 Å². The number of halogens is 1. The van der Waals surface area contributed by atoms with Crippen molar-refractivity contribution in [2.75, 3.05) is 13.7 Å². The fraction of sp³-hybridized carbons (Fsp3) is 0.400. The van der Waals surface area contributed by atoms with Crippen molar-refractivity contribution in [1.29, 1.82) is 0 Å². The number of aliphatic hydroxyl groups excluding tert-OH is 1. The average molecular weight is 199 g/mol. The summed E-state index contributed by atoms with van der Waals surface area (Å²) in [5.41, 5.74) is 5.87. The van der Waals surface area contributed by atoms with Crippen LogP contribution in [0.15, 0.2) is 12.1 Å². The lowest BCUT2D eigenvalue weighted by molar-refractivity contribution is 0.176. The summed E-state index contributed by atoms with van der Waals surface area (Å²) >= 11 is 0. The maximum atomic E-state index is 13.6. The zero-order valence-corrected chi connectivity index (χ0v) is 8.25. The predicted octanol–water partition coefficient (Wildman–Crippen LogP) is 1.13. The van der Waals surface area contributed by atoms with Gasteiger partial charge in [0.25, 0.3) is 0 Å². The molecule has 3 nitrogen and oxygen atoms in total. The van der Waals surface area contributed by atoms with Crippen molar-refractivity contribution in [3.63, 3.8) is 0 Å². The van der Waals surface area contributed by atoms with Crippen LogP contribution < -0.4 is 10.5 Å². The lowest BCUT2D eigenvalue weighted by Crippen LogP contribution is -2.14. The molecule has 0 aromatic heterocycles. The molecule has 0 aliphatic carbocycles. The Morgan fingerprint density at radius 2 is 2.21 bits per heavy atom. The fourth-order valence-corrected chi connectivity index (χ4v) is 1.29. The number of hydrogen-bond donors (Lipinski definition) is 2. The number of nitrogens with two attached hydrogens (primary N) is 1. The molecule has 1 aromatic carbocycles. The van der Waals surface area contributed by atoms with E-state index in [0.717, 1.165) is 0 Å². The van der Waals surface area contributed by atoms with Crippen LogP contribution in [0.1, 0.15) is 17.2 Å². The number of rotatable bonds is 3. The van der Waals surface area contributed by atoms with Crippen molar-refractivity contribution in [3.8, 4) is 5.75 Å². The van der Waals surface area contributed by atoms with Crippen molar-refractivity contribution in [2.45, 2.75) is 13.0 Å². The van der Waals surface area contributed by atoms with Crippen LogP contribution in [0.5, 0.6) is 5.75 Å². The summed E-state index contributed by atoms with van der Waals surface area (Å²) in [6, 6.07) is 3.22. The highest BCUT2D eigenvalue weighted by atomic mass is 19.1. The Morgan fingerprint density at radius 3 is 2.71 bits per heavy atom. The van der Waals surface area contributed by atoms with Crippen LogP contribution in [0.3, 0.4) is 0 Å². The molecule has 0 saturated carbocycles. The molecule has 0 heterocycles. The molecule has 14 heavy (non-hydrogen) atoms. The zero-order chi connectivity index (χ0) is 10.7. The highest BCUT2D eigenvalue weighted by Crippen LogP contribution is 2.29. The number of hydrogen-bond acceptors (Lipinski definition) is 3. The lowest BCUT2D eigenvalue weighted by atomic mass is 10.0. The summed E-state index contributed by atoms with van der Waals surface area (Å²) < 4.78 is 18.5. The summed E-state index contributed by atoms with van der Waals surface area (Å²) in [6.07, 6.45) is -1.02. The van der Waals surface area contributed by atoms with Crippen molar-refractivity contribution >= 4 is 0 Å². The van der Waals surface area contributed by atoms with Crippen molar-refractivity contribution in [1.82, 2.24) is 0 Å². The minimum Gasteiger partial charge on any atom is -0.496 e. The van der Waals surface area contributed by atoms with E-state index in [1.165, 1.54) is 7.11 Å². The molecule has 1 unspecified atom stereocenters. The number of ether oxygens (including phenoxy) is 1. The Balaban J connectivity index is 3.27. The molecule has 0 aliphatic rings. The topological polar surface area (TPSA) is 55.5 Å². The third-order valence-corrected chi connectivity index (χ3v) is 2.11. The molecule has 0 amide bonds. The van der Waals surface area contributed by atoms with E-state index < -0.39 is 11.9 Å². The molecule has 0 saturated heterocycles. The predicted molar refractivity (Wildman–Crippen MR) is 51.7 cm³/mol. The molecule has 1 atom stereocenters. The van der Waals surface area contributed by atoms with Crippen LogP contribution in [0.25, 0.3) is 0 Å². The largest absolute Gasteiger partial charge is 0.496 e. The Morgan fingerprint density at radius 1 is 1.57 bits per heavy atom. The average Bonchev–Trinajstić information content (AvgIpc) is 2.20. The first-order valence-corrected chi connectivity index (χ1v) is 4.33. The van der Waals surface area contributed by atoms with Gasteiger partial charge in [-0.1, -0.05) is 6.07 Å². The second-order valence-electron chi connectivity index (χ2n) is 3.06. The summed E-state index contributed by atoms with van der Waals surface area (Å²) in [4.78, 5) is 0. The summed E-state index contributed by atoms with van der Waals surface area (Å²) in [5.74, 6) is -0.131. The Kier molecular flexibility index (Phi) is 3.43. The third-order valence-electron chi connectivity index (χ3n) is 2.11. The summed E-state index contributed by atoms with van der Waals surface area (Å²) in [5, 5.41) is 9.50. The number of aryl methyl sites for hydroxylation is 1. The van der Waals surface area contributed by atoms with Crippen LogP contribution in [0.4, 0.5) is 4.39 Å². The standard InChI is InChI=1S/C10H14FNO2/c1-6-3-4-8(14-2)9(10(6)11)7(13)5-12/h3-4,7,13H,5,12H2,1-2H3. The molecular weight excluding hydrogens is 185 g/mol. The van der Waals surface area contributed by atoms with E-state index in [-0.39, 0.29) is 12.1 Å². The van der Waals surface area contributed by atoms with Gasteiger partial charge in [-0.15, -0.1) is 0 Å². The van der Waals surface area contributed by atoms with Gasteiger partial charge in [0.2, 0.25) is 0 Å². The Bertz CT molecular complexity index is 328. The first-order valence-electron chi connectivity index (χ1n) is 4.33. The molecule has 0 bridgehead atoms. The van der Waals surface area contributed by atoms with Gasteiger partial charge in [0.1, 0.15) is 11.6 Å². The van der Waals surface area contributed by atoms with Gasteiger partial charge in [-0.2, -0.15) is 0 Å². The first-order chi connectivity index (χ1) is 6.61. The van der Waals surface area contributed by atoms with E-state index in [0.29, 0.717) is 11.3 Å². The van der Waals surface area contributed by atoms with Gasteiger partial charge < -0.3 is 15.6 Å². The maximum absolute atomic E-state index is 13.6. The highest BCUT2D eigenvalue weighted by Gasteiger charge is 2.18. The first kappa shape index (κ1) is 10.9. The number of aliphatic hydroxyl groups is 1. The van der Waals surface area contributed by atoms with E-state index in [1.807, 2.05) is 0 Å². The molecule has 0 aliphatic heterocycles. The van der Waals surface area contributed by atoms with E-state index in [9.17, 15) is 9.50 Å². The maximum Gasteiger partial charge on any atom is 0.135 e. The van der Waals surface area contributed by atoms with Gasteiger partial charge in [-0.05, 0) is 18.6 Å². The molecule has 0 spiro atoms. The van der Waals surface area contributed by atoms with Gasteiger partial charge >= 0.3 is 0 Å². The number of benzene rings is 1. The highest BCUT2D eigenvalue weighted by molar-refractivity contribution is 5.40. The molecular formula is C10H14FNO2. The molecule has 0 radical (unpaired) electrons. The van der Waals surface area contributed by atoms with Crippen molar-refractivity contribution in [2.24, 2.45) is 5.73 Å². The molecule has 0 fully saturated rings. The van der Waals surface area contributed by atoms with Crippen LogP contribution in [0.2, 0.25) is 0 Å². The third kappa shape index (κ3) is 1.86. The minimum absolute atomic E-state index is 0.0310. The molecule has 1 aromatic rings. The summed E-state index contributed by atoms with van der Waals surface area (Å²) in [6.45, 7) is 1.60. The normalized spacial score (nSPS) is 12.6. The SMILES string of the molecule is COc1ccc(C)c(F)c1C(O)CN. The van der Waals surface area contributed by atoms with E-state index in [1.54, 1.807) is 19.1 Å². The van der Waals surface area contributed by atoms with Gasteiger partial charge in [-0.3, -0.25) is 0 Å². The van der Waals surface area contributed by atoms with E-state index in [2.05, 4.69) is 0 Å². The smallest absolute Gasteiger partial charge is 0.135 e. The van der Waals surface area contributed by atoms with Crippen LogP contribution in [-0.2, 0) is 0 Å². The molecule has 3 N–H and O–H groups in total. The van der Waals surface area contributed by atoms with Gasteiger partial charge in [-0.25, -0.2) is 4.39 Å². The zero-order valence-electron chi connectivity index (χ0n) is 8.25. The summed E-state index contributed by atoms with van der Waals surface area (Å²) in [7, 11) is 1.43. The monoisotopic (exact) mass is 199 g/mol. The van der Waals surface area contributed by atoms with Crippen molar-refractivity contribution in [3.05, 3.63) is 29.1 Å². The van der Waals surface area contributed by atoms with Crippen LogP contribution in [-0.4, -0.2) is 18.8 Å². The van der Waals surface area contributed by atoms with Gasteiger partial charge in [0.05, 0.1) is 18.8 Å². The van der Waals surface area contributed by atoms with Crippen LogP contribution in [0, 0.1) is 12.7 Å². The second kappa shape index (κ2) is 4.39. The van der Waals surface area contributed by atoms with Gasteiger partial charge in [0.15, 0.2) is 0 Å². The van der Waals surface area contributed by atoms with E-state index in [4.69, 9.17) is 10.5 Å². The minimum atomic E-state index is -1.02. The fourth-order valence-electron chi connectivity index (χ4n) is 1.29. The quantitative estimate of drug-likeness (QED) is 0.767. The van der Waals surface area contributed by atoms with Crippen molar-refractivity contribution < 1.29 is 14.2 Å². The van der Waals surface area contributed by atoms with Crippen LogP contribution >= 0.6 is 0 Å². The Labute approximate surface area is 82.3 Å². The lowest BCUT2D eigenvalue weighted by Gasteiger charge is -2.15. The molecule has 78 valence electrons.